The number of ether oxygens (including phenoxy) is 1. The molecule has 1 fully saturated rings. The molecule has 0 heterocycles. The second-order valence-corrected chi connectivity index (χ2v) is 6.24. The SMILES string of the molecule is CCC1CCCC(Oc2c(C)cc(Br)cc2N)C1. The Balaban J connectivity index is 2.09. The lowest BCUT2D eigenvalue weighted by Crippen LogP contribution is -2.25. The molecule has 0 saturated heterocycles. The summed E-state index contributed by atoms with van der Waals surface area (Å²) in [7, 11) is 0. The third-order valence-corrected chi connectivity index (χ3v) is 4.32. The van der Waals surface area contributed by atoms with Gasteiger partial charge in [0, 0.05) is 4.47 Å². The highest BCUT2D eigenvalue weighted by atomic mass is 79.9. The molecule has 2 rings (SSSR count). The smallest absolute Gasteiger partial charge is 0.145 e. The summed E-state index contributed by atoms with van der Waals surface area (Å²) in [5.41, 5.74) is 7.90. The molecular formula is C15H22BrNO. The van der Waals surface area contributed by atoms with Gasteiger partial charge in [-0.05, 0) is 49.8 Å². The maximum atomic E-state index is 6.16. The molecule has 2 unspecified atom stereocenters. The Labute approximate surface area is 118 Å². The fourth-order valence-electron chi connectivity index (χ4n) is 2.80. The first-order valence-corrected chi connectivity index (χ1v) is 7.61. The van der Waals surface area contributed by atoms with Gasteiger partial charge in [0.1, 0.15) is 5.75 Å². The first kappa shape index (κ1) is 13.7. The average molecular weight is 312 g/mol. The molecule has 2 atom stereocenters. The zero-order valence-electron chi connectivity index (χ0n) is 11.2. The Morgan fingerprint density at radius 1 is 1.39 bits per heavy atom. The van der Waals surface area contributed by atoms with E-state index in [-0.39, 0.29) is 0 Å². The van der Waals surface area contributed by atoms with Crippen LogP contribution in [0.4, 0.5) is 5.69 Å². The summed E-state index contributed by atoms with van der Waals surface area (Å²) in [6, 6.07) is 3.98. The van der Waals surface area contributed by atoms with Crippen LogP contribution in [0.25, 0.3) is 0 Å². The summed E-state index contributed by atoms with van der Waals surface area (Å²) in [5.74, 6) is 1.70. The predicted octanol–water partition coefficient (Wildman–Crippen LogP) is 4.69. The van der Waals surface area contributed by atoms with Crippen LogP contribution in [0.15, 0.2) is 16.6 Å². The Kier molecular flexibility index (Phi) is 4.55. The fraction of sp³-hybridized carbons (Fsp3) is 0.600. The fourth-order valence-corrected chi connectivity index (χ4v) is 3.39. The topological polar surface area (TPSA) is 35.2 Å². The molecule has 18 heavy (non-hydrogen) atoms. The third kappa shape index (κ3) is 3.19. The molecular weight excluding hydrogens is 290 g/mol. The lowest BCUT2D eigenvalue weighted by atomic mass is 9.85. The Morgan fingerprint density at radius 2 is 2.17 bits per heavy atom. The standard InChI is InChI=1S/C15H22BrNO/c1-3-11-5-4-6-13(8-11)18-15-10(2)7-12(16)9-14(15)17/h7,9,11,13H,3-6,8,17H2,1-2H3. The van der Waals surface area contributed by atoms with E-state index in [1.165, 1.54) is 25.7 Å². The number of benzene rings is 1. The van der Waals surface area contributed by atoms with E-state index >= 15 is 0 Å². The van der Waals surface area contributed by atoms with E-state index in [9.17, 15) is 0 Å². The first-order valence-electron chi connectivity index (χ1n) is 6.82. The van der Waals surface area contributed by atoms with Gasteiger partial charge in [-0.2, -0.15) is 0 Å². The molecule has 0 radical (unpaired) electrons. The van der Waals surface area contributed by atoms with Crippen LogP contribution in [0.1, 0.15) is 44.6 Å². The van der Waals surface area contributed by atoms with Crippen LogP contribution in [0.2, 0.25) is 0 Å². The highest BCUT2D eigenvalue weighted by molar-refractivity contribution is 9.10. The lowest BCUT2D eigenvalue weighted by Gasteiger charge is -2.30. The number of halogens is 1. The molecule has 1 aromatic rings. The molecule has 0 aliphatic heterocycles. The van der Waals surface area contributed by atoms with E-state index in [4.69, 9.17) is 10.5 Å². The van der Waals surface area contributed by atoms with Gasteiger partial charge in [-0.1, -0.05) is 35.7 Å². The van der Waals surface area contributed by atoms with E-state index in [2.05, 4.69) is 35.8 Å². The molecule has 0 amide bonds. The molecule has 0 spiro atoms. The van der Waals surface area contributed by atoms with Crippen LogP contribution in [-0.4, -0.2) is 6.10 Å². The van der Waals surface area contributed by atoms with Crippen LogP contribution in [0, 0.1) is 12.8 Å². The van der Waals surface area contributed by atoms with Crippen molar-refractivity contribution >= 4 is 21.6 Å². The van der Waals surface area contributed by atoms with Crippen molar-refractivity contribution in [3.05, 3.63) is 22.2 Å². The minimum Gasteiger partial charge on any atom is -0.488 e. The van der Waals surface area contributed by atoms with Gasteiger partial charge < -0.3 is 10.5 Å². The van der Waals surface area contributed by atoms with Crippen molar-refractivity contribution < 1.29 is 4.74 Å². The van der Waals surface area contributed by atoms with Crippen LogP contribution < -0.4 is 10.5 Å². The van der Waals surface area contributed by atoms with Crippen molar-refractivity contribution in [2.45, 2.75) is 52.1 Å². The summed E-state index contributed by atoms with van der Waals surface area (Å²) in [5, 5.41) is 0. The second kappa shape index (κ2) is 5.96. The van der Waals surface area contributed by atoms with Crippen LogP contribution in [0.3, 0.4) is 0 Å². The van der Waals surface area contributed by atoms with Gasteiger partial charge in [0.15, 0.2) is 0 Å². The third-order valence-electron chi connectivity index (χ3n) is 3.86. The Morgan fingerprint density at radius 3 is 2.83 bits per heavy atom. The molecule has 1 aliphatic rings. The van der Waals surface area contributed by atoms with Crippen molar-refractivity contribution in [3.63, 3.8) is 0 Å². The zero-order chi connectivity index (χ0) is 13.1. The Hall–Kier alpha value is -0.700. The molecule has 1 aliphatic carbocycles. The maximum Gasteiger partial charge on any atom is 0.145 e. The minimum atomic E-state index is 0.339. The monoisotopic (exact) mass is 311 g/mol. The van der Waals surface area contributed by atoms with E-state index in [1.807, 2.05) is 6.07 Å². The van der Waals surface area contributed by atoms with Gasteiger partial charge in [0.05, 0.1) is 11.8 Å². The molecule has 2 N–H and O–H groups in total. The highest BCUT2D eigenvalue weighted by Crippen LogP contribution is 2.35. The summed E-state index contributed by atoms with van der Waals surface area (Å²) in [4.78, 5) is 0. The highest BCUT2D eigenvalue weighted by Gasteiger charge is 2.23. The van der Waals surface area contributed by atoms with Crippen LogP contribution >= 0.6 is 15.9 Å². The van der Waals surface area contributed by atoms with Crippen molar-refractivity contribution in [3.8, 4) is 5.75 Å². The van der Waals surface area contributed by atoms with Crippen molar-refractivity contribution in [1.82, 2.24) is 0 Å². The van der Waals surface area contributed by atoms with Crippen LogP contribution in [0.5, 0.6) is 5.75 Å². The summed E-state index contributed by atoms with van der Waals surface area (Å²) in [6.45, 7) is 4.32. The molecule has 100 valence electrons. The first-order chi connectivity index (χ1) is 8.60. The number of aryl methyl sites for hydroxylation is 1. The lowest BCUT2D eigenvalue weighted by molar-refractivity contribution is 0.122. The molecule has 0 aromatic heterocycles. The second-order valence-electron chi connectivity index (χ2n) is 5.32. The molecule has 3 heteroatoms. The Bertz CT molecular complexity index is 396. The van der Waals surface area contributed by atoms with E-state index in [0.717, 1.165) is 33.8 Å². The van der Waals surface area contributed by atoms with Gasteiger partial charge in [-0.3, -0.25) is 0 Å². The van der Waals surface area contributed by atoms with Gasteiger partial charge in [0.25, 0.3) is 0 Å². The van der Waals surface area contributed by atoms with Crippen LogP contribution in [-0.2, 0) is 0 Å². The zero-order valence-corrected chi connectivity index (χ0v) is 12.8. The van der Waals surface area contributed by atoms with Gasteiger partial charge in [-0.25, -0.2) is 0 Å². The molecule has 1 aromatic carbocycles. The largest absolute Gasteiger partial charge is 0.488 e. The summed E-state index contributed by atoms with van der Waals surface area (Å²) in [6.07, 6.45) is 6.56. The minimum absolute atomic E-state index is 0.339. The number of nitrogens with two attached hydrogens (primary N) is 1. The number of anilines is 1. The summed E-state index contributed by atoms with van der Waals surface area (Å²) >= 11 is 3.46. The van der Waals surface area contributed by atoms with E-state index < -0.39 is 0 Å². The van der Waals surface area contributed by atoms with Crippen molar-refractivity contribution in [2.75, 3.05) is 5.73 Å². The van der Waals surface area contributed by atoms with Gasteiger partial charge in [-0.15, -0.1) is 0 Å². The van der Waals surface area contributed by atoms with Gasteiger partial charge in [0.2, 0.25) is 0 Å². The number of nitrogen functional groups attached to an aromatic ring is 1. The van der Waals surface area contributed by atoms with Gasteiger partial charge >= 0.3 is 0 Å². The summed E-state index contributed by atoms with van der Waals surface area (Å²) < 4.78 is 7.17. The molecule has 2 nitrogen and oxygen atoms in total. The number of hydrogen-bond donors (Lipinski definition) is 1. The van der Waals surface area contributed by atoms with Crippen molar-refractivity contribution in [1.29, 1.82) is 0 Å². The molecule has 0 bridgehead atoms. The van der Waals surface area contributed by atoms with E-state index in [1.54, 1.807) is 0 Å². The normalized spacial score (nSPS) is 23.9. The maximum absolute atomic E-state index is 6.16. The van der Waals surface area contributed by atoms with Crippen molar-refractivity contribution in [2.24, 2.45) is 5.92 Å². The quantitative estimate of drug-likeness (QED) is 0.822. The predicted molar refractivity (Wildman–Crippen MR) is 80.0 cm³/mol. The average Bonchev–Trinajstić information content (AvgIpc) is 2.34. The molecule has 1 saturated carbocycles. The number of hydrogen-bond acceptors (Lipinski definition) is 2. The number of rotatable bonds is 3. The van der Waals surface area contributed by atoms with E-state index in [0.29, 0.717) is 6.10 Å².